The van der Waals surface area contributed by atoms with E-state index in [1.165, 1.54) is 7.11 Å². The van der Waals surface area contributed by atoms with Crippen LogP contribution in [0.2, 0.25) is 0 Å². The minimum Gasteiger partial charge on any atom is -0.493 e. The molecule has 0 atom stereocenters. The van der Waals surface area contributed by atoms with Crippen LogP contribution in [-0.4, -0.2) is 48.1 Å². The first-order chi connectivity index (χ1) is 19.1. The molecule has 2 N–H and O–H groups in total. The number of hydrogen-bond donors (Lipinski definition) is 2. The molecule has 1 saturated heterocycles. The summed E-state index contributed by atoms with van der Waals surface area (Å²) in [5.41, 5.74) is 5.09. The topological polar surface area (TPSA) is 114 Å². The zero-order valence-electron chi connectivity index (χ0n) is 22.6. The lowest BCUT2D eigenvalue weighted by Crippen LogP contribution is -2.36. The van der Waals surface area contributed by atoms with Gasteiger partial charge in [0.1, 0.15) is 6.54 Å². The van der Waals surface area contributed by atoms with Crippen LogP contribution < -0.4 is 20.1 Å². The molecule has 3 aromatic carbocycles. The number of hydrogen-bond acceptors (Lipinski definition) is 7. The second-order valence-electron chi connectivity index (χ2n) is 9.23. The molecule has 1 fully saturated rings. The number of rotatable bonds is 9. The van der Waals surface area contributed by atoms with Gasteiger partial charge in [-0.05, 0) is 91.7 Å². The number of nitrogens with zero attached hydrogens (tertiary/aromatic N) is 1. The van der Waals surface area contributed by atoms with E-state index in [0.29, 0.717) is 28.4 Å². The molecule has 0 spiro atoms. The van der Waals surface area contributed by atoms with Gasteiger partial charge in [-0.2, -0.15) is 0 Å². The molecule has 10 heteroatoms. The van der Waals surface area contributed by atoms with Crippen molar-refractivity contribution in [3.05, 3.63) is 87.8 Å². The van der Waals surface area contributed by atoms with Crippen molar-refractivity contribution in [2.45, 2.75) is 20.8 Å². The SMILES string of the molecule is COc1cc(/C=C2/SC(=O)N(CC(=O)Nc3ccc(C)cc3)C2=O)ccc1OCC(=O)Nc1ccc(C)c(C)c1. The molecule has 4 rings (SSSR count). The van der Waals surface area contributed by atoms with Crippen LogP contribution >= 0.6 is 11.8 Å². The molecule has 0 aromatic heterocycles. The van der Waals surface area contributed by atoms with Crippen molar-refractivity contribution in [1.82, 2.24) is 4.90 Å². The van der Waals surface area contributed by atoms with E-state index >= 15 is 0 Å². The van der Waals surface area contributed by atoms with Gasteiger partial charge >= 0.3 is 0 Å². The zero-order chi connectivity index (χ0) is 28.8. The highest BCUT2D eigenvalue weighted by molar-refractivity contribution is 8.18. The second kappa shape index (κ2) is 12.5. The summed E-state index contributed by atoms with van der Waals surface area (Å²) in [4.78, 5) is 51.2. The standard InChI is InChI=1S/C30H29N3O6S/c1-18-5-9-22(10-6-18)31-27(34)16-33-29(36)26(40-30(33)37)15-21-8-12-24(25(14-21)38-4)39-17-28(35)32-23-11-7-19(2)20(3)13-23/h5-15H,16-17H2,1-4H3,(H,31,34)(H,32,35)/b26-15+. The Morgan fingerprint density at radius 3 is 2.25 bits per heavy atom. The average molecular weight is 560 g/mol. The van der Waals surface area contributed by atoms with Crippen molar-refractivity contribution in [3.63, 3.8) is 0 Å². The van der Waals surface area contributed by atoms with Crippen LogP contribution in [-0.2, 0) is 14.4 Å². The molecule has 206 valence electrons. The number of ether oxygens (including phenoxy) is 2. The van der Waals surface area contributed by atoms with E-state index in [1.54, 1.807) is 36.4 Å². The summed E-state index contributed by atoms with van der Waals surface area (Å²) in [6.45, 7) is 5.28. The Labute approximate surface area is 236 Å². The molecule has 0 bridgehead atoms. The van der Waals surface area contributed by atoms with E-state index in [4.69, 9.17) is 9.47 Å². The molecule has 1 aliphatic heterocycles. The van der Waals surface area contributed by atoms with E-state index < -0.39 is 23.6 Å². The first-order valence-electron chi connectivity index (χ1n) is 12.4. The Bertz CT molecular complexity index is 1500. The smallest absolute Gasteiger partial charge is 0.294 e. The Kier molecular flexibility index (Phi) is 8.90. The van der Waals surface area contributed by atoms with Gasteiger partial charge in [-0.1, -0.05) is 29.8 Å². The number of carbonyl (C=O) groups is 4. The summed E-state index contributed by atoms with van der Waals surface area (Å²) >= 11 is 0.755. The summed E-state index contributed by atoms with van der Waals surface area (Å²) in [6, 6.07) is 17.8. The lowest BCUT2D eigenvalue weighted by Gasteiger charge is -2.13. The third-order valence-electron chi connectivity index (χ3n) is 6.15. The maximum Gasteiger partial charge on any atom is 0.294 e. The third-order valence-corrected chi connectivity index (χ3v) is 7.05. The van der Waals surface area contributed by atoms with Crippen LogP contribution in [0, 0.1) is 20.8 Å². The van der Waals surface area contributed by atoms with Crippen molar-refractivity contribution < 1.29 is 28.7 Å². The van der Waals surface area contributed by atoms with Gasteiger partial charge in [0.2, 0.25) is 5.91 Å². The van der Waals surface area contributed by atoms with Gasteiger partial charge in [0, 0.05) is 11.4 Å². The summed E-state index contributed by atoms with van der Waals surface area (Å²) in [5.74, 6) is -0.664. The van der Waals surface area contributed by atoms with Crippen LogP contribution in [0.1, 0.15) is 22.3 Å². The van der Waals surface area contributed by atoms with E-state index in [-0.39, 0.29) is 17.4 Å². The molecule has 0 unspecified atom stereocenters. The van der Waals surface area contributed by atoms with Crippen LogP contribution in [0.4, 0.5) is 16.2 Å². The van der Waals surface area contributed by atoms with Crippen LogP contribution in [0.15, 0.2) is 65.6 Å². The largest absolute Gasteiger partial charge is 0.493 e. The predicted octanol–water partition coefficient (Wildman–Crippen LogP) is 5.31. The second-order valence-corrected chi connectivity index (χ2v) is 10.2. The molecule has 0 saturated carbocycles. The van der Waals surface area contributed by atoms with E-state index in [0.717, 1.165) is 33.4 Å². The number of amides is 4. The molecule has 0 aliphatic carbocycles. The molecule has 0 radical (unpaired) electrons. The minimum absolute atomic E-state index is 0.177. The highest BCUT2D eigenvalue weighted by Crippen LogP contribution is 2.34. The molecule has 9 nitrogen and oxygen atoms in total. The lowest BCUT2D eigenvalue weighted by molar-refractivity contribution is -0.127. The first kappa shape index (κ1) is 28.4. The van der Waals surface area contributed by atoms with Gasteiger partial charge in [0.05, 0.1) is 12.0 Å². The number of imide groups is 1. The van der Waals surface area contributed by atoms with Gasteiger partial charge in [0.15, 0.2) is 18.1 Å². The molecule has 1 aliphatic rings. The number of aryl methyl sites for hydroxylation is 3. The van der Waals surface area contributed by atoms with E-state index in [2.05, 4.69) is 10.6 Å². The summed E-state index contributed by atoms with van der Waals surface area (Å²) in [5, 5.41) is 4.96. The molecule has 40 heavy (non-hydrogen) atoms. The number of methoxy groups -OCH3 is 1. The summed E-state index contributed by atoms with van der Waals surface area (Å²) in [6.07, 6.45) is 1.54. The van der Waals surface area contributed by atoms with Crippen LogP contribution in [0.3, 0.4) is 0 Å². The van der Waals surface area contributed by atoms with Crippen molar-refractivity contribution in [1.29, 1.82) is 0 Å². The van der Waals surface area contributed by atoms with Crippen LogP contribution in [0.25, 0.3) is 6.08 Å². The zero-order valence-corrected chi connectivity index (χ0v) is 23.4. The van der Waals surface area contributed by atoms with E-state index in [1.807, 2.05) is 51.1 Å². The molecular weight excluding hydrogens is 530 g/mol. The number of anilines is 2. The monoisotopic (exact) mass is 559 g/mol. The Morgan fingerprint density at radius 2 is 1.55 bits per heavy atom. The highest BCUT2D eigenvalue weighted by atomic mass is 32.2. The maximum atomic E-state index is 12.9. The fourth-order valence-electron chi connectivity index (χ4n) is 3.82. The highest BCUT2D eigenvalue weighted by Gasteiger charge is 2.36. The van der Waals surface area contributed by atoms with Crippen molar-refractivity contribution in [2.75, 3.05) is 30.9 Å². The van der Waals surface area contributed by atoms with Crippen molar-refractivity contribution in [3.8, 4) is 11.5 Å². The molecule has 3 aromatic rings. The van der Waals surface area contributed by atoms with Gasteiger partial charge in [-0.25, -0.2) is 0 Å². The Morgan fingerprint density at radius 1 is 0.850 bits per heavy atom. The average Bonchev–Trinajstić information content (AvgIpc) is 3.18. The number of thioether (sulfide) groups is 1. The Balaban J connectivity index is 1.37. The quantitative estimate of drug-likeness (QED) is 0.342. The fraction of sp³-hybridized carbons (Fsp3) is 0.200. The van der Waals surface area contributed by atoms with Crippen LogP contribution in [0.5, 0.6) is 11.5 Å². The Hall–Kier alpha value is -4.57. The molecule has 4 amide bonds. The first-order valence-corrected chi connectivity index (χ1v) is 13.2. The van der Waals surface area contributed by atoms with E-state index in [9.17, 15) is 19.2 Å². The predicted molar refractivity (Wildman–Crippen MR) is 156 cm³/mol. The number of nitrogens with one attached hydrogen (secondary N) is 2. The normalized spacial score (nSPS) is 13.9. The summed E-state index contributed by atoms with van der Waals surface area (Å²) in [7, 11) is 1.46. The molecular formula is C30H29N3O6S. The summed E-state index contributed by atoms with van der Waals surface area (Å²) < 4.78 is 11.1. The van der Waals surface area contributed by atoms with Gasteiger partial charge in [0.25, 0.3) is 17.1 Å². The van der Waals surface area contributed by atoms with Gasteiger partial charge in [-0.3, -0.25) is 24.1 Å². The maximum absolute atomic E-state index is 12.9. The van der Waals surface area contributed by atoms with Crippen molar-refractivity contribution in [2.24, 2.45) is 0 Å². The molecule has 1 heterocycles. The van der Waals surface area contributed by atoms with Gasteiger partial charge in [-0.15, -0.1) is 0 Å². The third kappa shape index (κ3) is 7.09. The fourth-order valence-corrected chi connectivity index (χ4v) is 4.66. The lowest BCUT2D eigenvalue weighted by atomic mass is 10.1. The minimum atomic E-state index is -0.559. The number of carbonyl (C=O) groups excluding carboxylic acids is 4. The van der Waals surface area contributed by atoms with Gasteiger partial charge < -0.3 is 20.1 Å². The van der Waals surface area contributed by atoms with Crippen molar-refractivity contribution >= 4 is 52.2 Å². The number of benzene rings is 3.